The van der Waals surface area contributed by atoms with E-state index in [9.17, 15) is 22.8 Å². The number of imidazole rings is 1. The number of alkyl halides is 3. The third kappa shape index (κ3) is 4.31. The van der Waals surface area contributed by atoms with Gasteiger partial charge in [0.2, 0.25) is 5.88 Å². The highest BCUT2D eigenvalue weighted by atomic mass is 35.5. The van der Waals surface area contributed by atoms with E-state index < -0.39 is 40.5 Å². The molecule has 2 aromatic carbocycles. The second-order valence-corrected chi connectivity index (χ2v) is 10.9. The van der Waals surface area contributed by atoms with Crippen LogP contribution in [0.2, 0.25) is 10.0 Å². The SMILES string of the molecule is COc1ncc(-c2nc3c(n2C(C)C)[C@]2(C(=O)Nc4cc(Cl)ccc42)N(c2ccc(OC(F)(F)F)c(Cl)c2)C3=O)c(OC)n1. The lowest BCUT2D eigenvalue weighted by atomic mass is 9.87. The van der Waals surface area contributed by atoms with Crippen molar-refractivity contribution in [3.05, 3.63) is 69.6 Å². The van der Waals surface area contributed by atoms with Gasteiger partial charge in [-0.1, -0.05) is 29.3 Å². The van der Waals surface area contributed by atoms with Crippen molar-refractivity contribution < 1.29 is 37.0 Å². The summed E-state index contributed by atoms with van der Waals surface area (Å²) < 4.78 is 55.2. The van der Waals surface area contributed by atoms with E-state index in [4.69, 9.17) is 37.7 Å². The fourth-order valence-electron chi connectivity index (χ4n) is 5.62. The molecule has 1 N–H and O–H groups in total. The molecular weight excluding hydrogens is 628 g/mol. The van der Waals surface area contributed by atoms with Gasteiger partial charge in [0.05, 0.1) is 30.5 Å². The fourth-order valence-corrected chi connectivity index (χ4v) is 6.00. The molecule has 0 aliphatic carbocycles. The molecule has 2 aliphatic rings. The minimum Gasteiger partial charge on any atom is -0.480 e. The minimum absolute atomic E-state index is 0.0210. The smallest absolute Gasteiger partial charge is 0.480 e. The number of nitrogens with zero attached hydrogens (tertiary/aromatic N) is 5. The van der Waals surface area contributed by atoms with Crippen LogP contribution in [0.15, 0.2) is 42.6 Å². The minimum atomic E-state index is -5.00. The number of methoxy groups -OCH3 is 2. The van der Waals surface area contributed by atoms with Crippen LogP contribution >= 0.6 is 23.2 Å². The van der Waals surface area contributed by atoms with Gasteiger partial charge in [0.1, 0.15) is 11.6 Å². The molecule has 4 aromatic rings. The number of carbonyl (C=O) groups excluding carboxylic acids is 2. The summed E-state index contributed by atoms with van der Waals surface area (Å²) in [5.41, 5.74) is -0.730. The number of ether oxygens (including phenoxy) is 3. The zero-order valence-corrected chi connectivity index (χ0v) is 24.8. The number of benzene rings is 2. The fraction of sp³-hybridized carbons (Fsp3) is 0.250. The third-order valence-corrected chi connectivity index (χ3v) is 7.74. The predicted molar refractivity (Wildman–Crippen MR) is 153 cm³/mol. The van der Waals surface area contributed by atoms with Crippen molar-refractivity contribution >= 4 is 46.4 Å². The van der Waals surface area contributed by atoms with Crippen LogP contribution in [-0.2, 0) is 10.3 Å². The average Bonchev–Trinajstić information content (AvgIpc) is 3.57. The van der Waals surface area contributed by atoms with Crippen LogP contribution in [0.3, 0.4) is 0 Å². The van der Waals surface area contributed by atoms with E-state index in [0.717, 1.165) is 17.0 Å². The molecular formula is C28H21Cl2F3N6O5. The van der Waals surface area contributed by atoms with Gasteiger partial charge in [0, 0.05) is 34.2 Å². The maximum absolute atomic E-state index is 14.4. The first-order valence-electron chi connectivity index (χ1n) is 12.9. The maximum Gasteiger partial charge on any atom is 0.573 e. The monoisotopic (exact) mass is 648 g/mol. The molecule has 0 unspecified atom stereocenters. The topological polar surface area (TPSA) is 121 Å². The number of nitrogens with one attached hydrogen (secondary N) is 1. The van der Waals surface area contributed by atoms with Crippen LogP contribution < -0.4 is 24.4 Å². The summed E-state index contributed by atoms with van der Waals surface area (Å²) in [4.78, 5) is 42.9. The summed E-state index contributed by atoms with van der Waals surface area (Å²) in [5.74, 6) is -1.68. The van der Waals surface area contributed by atoms with Crippen molar-refractivity contribution in [2.75, 3.05) is 24.4 Å². The molecule has 0 saturated heterocycles. The van der Waals surface area contributed by atoms with Gasteiger partial charge in [0.25, 0.3) is 11.8 Å². The number of halogens is 5. The molecule has 228 valence electrons. The van der Waals surface area contributed by atoms with Crippen LogP contribution in [0.1, 0.15) is 41.6 Å². The normalized spacial score (nSPS) is 17.3. The molecule has 16 heteroatoms. The van der Waals surface area contributed by atoms with Crippen LogP contribution in [0.5, 0.6) is 17.6 Å². The van der Waals surface area contributed by atoms with Gasteiger partial charge in [-0.05, 0) is 44.2 Å². The zero-order valence-electron chi connectivity index (χ0n) is 23.3. The Morgan fingerprint density at radius 3 is 2.41 bits per heavy atom. The largest absolute Gasteiger partial charge is 0.573 e. The van der Waals surface area contributed by atoms with E-state index in [2.05, 4.69) is 20.0 Å². The highest BCUT2D eigenvalue weighted by molar-refractivity contribution is 6.33. The maximum atomic E-state index is 14.4. The Kier molecular flexibility index (Phi) is 6.89. The lowest BCUT2D eigenvalue weighted by Gasteiger charge is -2.36. The molecule has 2 aromatic heterocycles. The van der Waals surface area contributed by atoms with Crippen molar-refractivity contribution in [3.8, 4) is 29.0 Å². The van der Waals surface area contributed by atoms with Gasteiger partial charge in [0.15, 0.2) is 11.2 Å². The van der Waals surface area contributed by atoms with E-state index in [1.165, 1.54) is 32.5 Å². The highest BCUT2D eigenvalue weighted by Crippen LogP contribution is 2.55. The Hall–Kier alpha value is -4.56. The lowest BCUT2D eigenvalue weighted by Crippen LogP contribution is -2.51. The lowest BCUT2D eigenvalue weighted by molar-refractivity contribution is -0.274. The molecule has 0 radical (unpaired) electrons. The number of hydrogen-bond donors (Lipinski definition) is 1. The first-order chi connectivity index (χ1) is 20.8. The summed E-state index contributed by atoms with van der Waals surface area (Å²) in [7, 11) is 2.79. The van der Waals surface area contributed by atoms with Gasteiger partial charge >= 0.3 is 12.4 Å². The Labute approximate surface area is 257 Å². The van der Waals surface area contributed by atoms with Crippen LogP contribution in [0.4, 0.5) is 24.5 Å². The second-order valence-electron chi connectivity index (χ2n) is 10.0. The number of rotatable bonds is 6. The van der Waals surface area contributed by atoms with Gasteiger partial charge in [-0.3, -0.25) is 14.5 Å². The standard InChI is InChI=1S/C28H21Cl2F3N6O5/c1-12(2)38-21-20(36-22(38)15-11-34-26(43-4)37-23(15)42-3)24(40)39(14-6-8-19(17(30)10-14)44-28(31,32)33)27(21)16-7-5-13(29)9-18(16)35-25(27)41/h5-12H,1-4H3,(H,35,41)/t27-/m1/s1. The van der Waals surface area contributed by atoms with Crippen LogP contribution in [0, 0.1) is 0 Å². The number of amides is 2. The van der Waals surface area contributed by atoms with Crippen molar-refractivity contribution in [1.29, 1.82) is 0 Å². The first kappa shape index (κ1) is 29.5. The predicted octanol–water partition coefficient (Wildman–Crippen LogP) is 6.00. The van der Waals surface area contributed by atoms with E-state index in [1.54, 1.807) is 16.7 Å². The molecule has 4 heterocycles. The summed E-state index contributed by atoms with van der Waals surface area (Å²) in [5, 5.41) is 2.70. The quantitative estimate of drug-likeness (QED) is 0.270. The molecule has 6 rings (SSSR count). The number of hydrogen-bond acceptors (Lipinski definition) is 8. The van der Waals surface area contributed by atoms with E-state index in [-0.39, 0.29) is 34.8 Å². The Balaban J connectivity index is 1.65. The van der Waals surface area contributed by atoms with Gasteiger partial charge in [-0.15, -0.1) is 13.2 Å². The third-order valence-electron chi connectivity index (χ3n) is 7.21. The van der Waals surface area contributed by atoms with Crippen molar-refractivity contribution in [1.82, 2.24) is 19.5 Å². The summed E-state index contributed by atoms with van der Waals surface area (Å²) >= 11 is 12.5. The molecule has 1 atom stereocenters. The van der Waals surface area contributed by atoms with Crippen molar-refractivity contribution in [2.45, 2.75) is 31.8 Å². The molecule has 0 bridgehead atoms. The highest BCUT2D eigenvalue weighted by Gasteiger charge is 2.64. The summed E-state index contributed by atoms with van der Waals surface area (Å²) in [6, 6.07) is 7.64. The van der Waals surface area contributed by atoms with E-state index in [0.29, 0.717) is 21.8 Å². The Morgan fingerprint density at radius 2 is 1.77 bits per heavy atom. The molecule has 44 heavy (non-hydrogen) atoms. The summed E-state index contributed by atoms with van der Waals surface area (Å²) in [6.07, 6.45) is -3.57. The molecule has 2 amide bonds. The number of carbonyl (C=O) groups is 2. The number of anilines is 2. The van der Waals surface area contributed by atoms with Crippen molar-refractivity contribution in [2.24, 2.45) is 0 Å². The van der Waals surface area contributed by atoms with E-state index in [1.807, 2.05) is 13.8 Å². The van der Waals surface area contributed by atoms with Gasteiger partial charge in [-0.2, -0.15) is 4.98 Å². The molecule has 11 nitrogen and oxygen atoms in total. The summed E-state index contributed by atoms with van der Waals surface area (Å²) in [6.45, 7) is 3.66. The van der Waals surface area contributed by atoms with Gasteiger partial charge < -0.3 is 24.1 Å². The van der Waals surface area contributed by atoms with E-state index >= 15 is 0 Å². The number of fused-ring (bicyclic) bond motifs is 4. The van der Waals surface area contributed by atoms with Gasteiger partial charge in [-0.25, -0.2) is 9.97 Å². The average molecular weight is 649 g/mol. The number of aromatic nitrogens is 4. The molecule has 2 aliphatic heterocycles. The van der Waals surface area contributed by atoms with Crippen LogP contribution in [-0.4, -0.2) is 51.9 Å². The second kappa shape index (κ2) is 10.3. The molecule has 0 fully saturated rings. The molecule has 1 spiro atoms. The molecule has 0 saturated carbocycles. The van der Waals surface area contributed by atoms with Crippen molar-refractivity contribution in [3.63, 3.8) is 0 Å². The van der Waals surface area contributed by atoms with Crippen LogP contribution in [0.25, 0.3) is 11.4 Å². The zero-order chi connectivity index (χ0) is 31.7. The Morgan fingerprint density at radius 1 is 1.02 bits per heavy atom. The first-order valence-corrected chi connectivity index (χ1v) is 13.7. The Bertz CT molecular complexity index is 1860.